The first-order chi connectivity index (χ1) is 20.1. The molecule has 42 heavy (non-hydrogen) atoms. The van der Waals surface area contributed by atoms with Gasteiger partial charge in [-0.1, -0.05) is 0 Å². The number of nitrogens with two attached hydrogens (primary N) is 1. The topological polar surface area (TPSA) is 144 Å². The lowest BCUT2D eigenvalue weighted by Gasteiger charge is -2.53. The van der Waals surface area contributed by atoms with Gasteiger partial charge in [-0.2, -0.15) is 23.3 Å². The average molecular weight is 585 g/mol. The van der Waals surface area contributed by atoms with Crippen LogP contribution < -0.4 is 10.5 Å². The molecule has 2 aliphatic rings. The predicted octanol–water partition coefficient (Wildman–Crippen LogP) is 2.69. The first kappa shape index (κ1) is 28.0. The van der Waals surface area contributed by atoms with E-state index in [1.807, 2.05) is 23.1 Å². The van der Waals surface area contributed by atoms with Gasteiger partial charge in [0.2, 0.25) is 11.7 Å². The van der Waals surface area contributed by atoms with Gasteiger partial charge in [-0.25, -0.2) is 15.0 Å². The first-order valence-corrected chi connectivity index (χ1v) is 13.7. The zero-order valence-corrected chi connectivity index (χ0v) is 23.2. The van der Waals surface area contributed by atoms with Gasteiger partial charge in [0.1, 0.15) is 29.3 Å². The molecule has 5 heterocycles. The number of amides is 1. The normalized spacial score (nSPS) is 20.8. The molecule has 222 valence electrons. The Hall–Kier alpha value is -4.11. The highest BCUT2D eigenvalue weighted by Gasteiger charge is 2.47. The van der Waals surface area contributed by atoms with Crippen LogP contribution in [0, 0.1) is 0 Å². The summed E-state index contributed by atoms with van der Waals surface area (Å²) in [6.45, 7) is 1.90. The summed E-state index contributed by atoms with van der Waals surface area (Å²) in [6.07, 6.45) is 4.92. The Labute approximate surface area is 239 Å². The van der Waals surface area contributed by atoms with Gasteiger partial charge in [0, 0.05) is 69.2 Å². The van der Waals surface area contributed by atoms with E-state index in [1.54, 1.807) is 6.20 Å². The van der Waals surface area contributed by atoms with Crippen LogP contribution in [0.2, 0.25) is 0 Å². The molecular formula is C27H31F3N10O2. The van der Waals surface area contributed by atoms with Crippen molar-refractivity contribution in [1.29, 1.82) is 0 Å². The summed E-state index contributed by atoms with van der Waals surface area (Å²) in [5.41, 5.74) is 8.02. The van der Waals surface area contributed by atoms with Crippen molar-refractivity contribution in [3.05, 3.63) is 48.6 Å². The van der Waals surface area contributed by atoms with E-state index in [-0.39, 0.29) is 23.2 Å². The Balaban J connectivity index is 1.08. The van der Waals surface area contributed by atoms with Gasteiger partial charge < -0.3 is 20.4 Å². The van der Waals surface area contributed by atoms with Gasteiger partial charge >= 0.3 is 6.18 Å². The number of hydrogen-bond acceptors (Lipinski definition) is 9. The molecule has 3 N–H and O–H groups in total. The summed E-state index contributed by atoms with van der Waals surface area (Å²) in [5.74, 6) is -2.29. The van der Waals surface area contributed by atoms with Crippen molar-refractivity contribution in [3.8, 4) is 17.1 Å². The SMILES string of the molecule is CN(C)C(=O)c1cc(O[C@H]2CC[C@@H](N3CC(CN)(n4cc(-c5ncnc6[nH]ccc56)cn4)C3)CC2)nc(C(F)(F)F)n1. The molecule has 1 aliphatic heterocycles. The maximum Gasteiger partial charge on any atom is 0.451 e. The molecule has 1 saturated heterocycles. The van der Waals surface area contributed by atoms with Crippen molar-refractivity contribution in [2.45, 2.75) is 49.5 Å². The molecule has 0 atom stereocenters. The average Bonchev–Trinajstić information content (AvgIpc) is 3.63. The molecule has 6 rings (SSSR count). The van der Waals surface area contributed by atoms with Crippen LogP contribution in [0.15, 0.2) is 37.1 Å². The van der Waals surface area contributed by atoms with Crippen molar-refractivity contribution in [3.63, 3.8) is 0 Å². The van der Waals surface area contributed by atoms with Crippen molar-refractivity contribution in [2.75, 3.05) is 33.7 Å². The lowest BCUT2D eigenvalue weighted by Crippen LogP contribution is -2.68. The fourth-order valence-electron chi connectivity index (χ4n) is 5.79. The molecule has 4 aromatic heterocycles. The molecule has 12 nitrogen and oxygen atoms in total. The van der Waals surface area contributed by atoms with E-state index in [9.17, 15) is 18.0 Å². The van der Waals surface area contributed by atoms with E-state index >= 15 is 0 Å². The van der Waals surface area contributed by atoms with Crippen LogP contribution in [0.1, 0.15) is 42.0 Å². The van der Waals surface area contributed by atoms with Crippen LogP contribution in [-0.4, -0.2) is 96.3 Å². The second-order valence-corrected chi connectivity index (χ2v) is 11.1. The molecule has 0 bridgehead atoms. The number of hydrogen-bond donors (Lipinski definition) is 2. The van der Waals surface area contributed by atoms with Crippen LogP contribution in [0.4, 0.5) is 13.2 Å². The third-order valence-corrected chi connectivity index (χ3v) is 8.10. The maximum atomic E-state index is 13.4. The smallest absolute Gasteiger partial charge is 0.451 e. The molecule has 0 aromatic carbocycles. The highest BCUT2D eigenvalue weighted by Crippen LogP contribution is 2.37. The Morgan fingerprint density at radius 2 is 1.95 bits per heavy atom. The lowest BCUT2D eigenvalue weighted by molar-refractivity contribution is -0.145. The number of ether oxygens (including phenoxy) is 1. The number of H-pyrrole nitrogens is 1. The number of aromatic amines is 1. The molecule has 1 saturated carbocycles. The summed E-state index contributed by atoms with van der Waals surface area (Å²) >= 11 is 0. The summed E-state index contributed by atoms with van der Waals surface area (Å²) in [6, 6.07) is 3.41. The van der Waals surface area contributed by atoms with E-state index in [4.69, 9.17) is 10.5 Å². The molecule has 2 fully saturated rings. The van der Waals surface area contributed by atoms with Crippen molar-refractivity contribution in [2.24, 2.45) is 5.73 Å². The first-order valence-electron chi connectivity index (χ1n) is 13.7. The molecule has 0 radical (unpaired) electrons. The minimum atomic E-state index is -4.80. The number of halogens is 3. The number of likely N-dealkylation sites (tertiary alicyclic amines) is 1. The van der Waals surface area contributed by atoms with Gasteiger partial charge in [-0.15, -0.1) is 0 Å². The fraction of sp³-hybridized carbons (Fsp3) is 0.481. The minimum Gasteiger partial charge on any atom is -0.474 e. The van der Waals surface area contributed by atoms with Crippen molar-refractivity contribution in [1.82, 2.24) is 44.5 Å². The number of fused-ring (bicyclic) bond motifs is 1. The van der Waals surface area contributed by atoms with E-state index in [0.29, 0.717) is 25.4 Å². The molecule has 1 amide bonds. The molecular weight excluding hydrogens is 553 g/mol. The number of carbonyl (C=O) groups excluding carboxylic acids is 1. The molecule has 15 heteroatoms. The Kier molecular flexibility index (Phi) is 7.09. The Morgan fingerprint density at radius 3 is 2.64 bits per heavy atom. The van der Waals surface area contributed by atoms with Crippen LogP contribution in [0.5, 0.6) is 5.88 Å². The highest BCUT2D eigenvalue weighted by molar-refractivity contribution is 5.92. The third-order valence-electron chi connectivity index (χ3n) is 8.10. The van der Waals surface area contributed by atoms with E-state index in [0.717, 1.165) is 53.1 Å². The fourth-order valence-corrected chi connectivity index (χ4v) is 5.79. The second kappa shape index (κ2) is 10.6. The minimum absolute atomic E-state index is 0.243. The van der Waals surface area contributed by atoms with Gasteiger partial charge in [-0.3, -0.25) is 14.4 Å². The van der Waals surface area contributed by atoms with Gasteiger partial charge in [0.15, 0.2) is 0 Å². The number of nitrogens with zero attached hydrogens (tertiary/aromatic N) is 8. The van der Waals surface area contributed by atoms with Gasteiger partial charge in [-0.05, 0) is 31.7 Å². The van der Waals surface area contributed by atoms with Gasteiger partial charge in [0.25, 0.3) is 5.91 Å². The van der Waals surface area contributed by atoms with E-state index in [1.165, 1.54) is 26.5 Å². The molecule has 4 aromatic rings. The van der Waals surface area contributed by atoms with E-state index < -0.39 is 17.9 Å². The van der Waals surface area contributed by atoms with Crippen LogP contribution in [0.3, 0.4) is 0 Å². The number of carbonyl (C=O) groups is 1. The molecule has 0 spiro atoms. The number of alkyl halides is 3. The zero-order valence-electron chi connectivity index (χ0n) is 23.2. The maximum absolute atomic E-state index is 13.4. The third kappa shape index (κ3) is 5.17. The summed E-state index contributed by atoms with van der Waals surface area (Å²) in [4.78, 5) is 34.6. The van der Waals surface area contributed by atoms with Crippen molar-refractivity contribution >= 4 is 16.9 Å². The Bertz CT molecular complexity index is 1590. The number of rotatable bonds is 7. The molecule has 0 unspecified atom stereocenters. The predicted molar refractivity (Wildman–Crippen MR) is 145 cm³/mol. The van der Waals surface area contributed by atoms with Gasteiger partial charge in [0.05, 0.1) is 11.9 Å². The second-order valence-electron chi connectivity index (χ2n) is 11.1. The standard InChI is InChI=1S/C27H31F3N10O2/c1-38(2)24(41)20-9-21(37-25(36-20)27(28,29)30)42-18-5-3-17(4-6-18)39-13-26(12-31,14-39)40-11-16(10-35-40)22-19-7-8-32-23(19)34-15-33-22/h7-11,15,17-18H,3-6,12-14,31H2,1-2H3,(H,32,33,34)/t17-,18+. The summed E-state index contributed by atoms with van der Waals surface area (Å²) < 4.78 is 48.0. The zero-order chi connectivity index (χ0) is 29.6. The van der Waals surface area contributed by atoms with Crippen LogP contribution >= 0.6 is 0 Å². The largest absolute Gasteiger partial charge is 0.474 e. The summed E-state index contributed by atoms with van der Waals surface area (Å²) in [5, 5.41) is 5.56. The quantitative estimate of drug-likeness (QED) is 0.335. The number of aromatic nitrogens is 7. The summed E-state index contributed by atoms with van der Waals surface area (Å²) in [7, 11) is 2.89. The van der Waals surface area contributed by atoms with Crippen LogP contribution in [0.25, 0.3) is 22.3 Å². The molecule has 1 aliphatic carbocycles. The van der Waals surface area contributed by atoms with Crippen molar-refractivity contribution < 1.29 is 22.7 Å². The monoisotopic (exact) mass is 584 g/mol. The van der Waals surface area contributed by atoms with Crippen LogP contribution in [-0.2, 0) is 11.7 Å². The lowest BCUT2D eigenvalue weighted by atomic mass is 9.83. The van der Waals surface area contributed by atoms with E-state index in [2.05, 4.69) is 34.9 Å². The highest BCUT2D eigenvalue weighted by atomic mass is 19.4. The number of nitrogens with one attached hydrogen (secondary N) is 1. The Morgan fingerprint density at radius 1 is 1.19 bits per heavy atom.